The Kier molecular flexibility index (Phi) is 2.65. The van der Waals surface area contributed by atoms with E-state index < -0.39 is 5.97 Å². The smallest absolute Gasteiger partial charge is 0.335 e. The number of hydrogen-bond acceptors (Lipinski definition) is 1. The molecule has 0 atom stereocenters. The van der Waals surface area contributed by atoms with E-state index in [-0.39, 0.29) is 0 Å². The molecule has 0 aromatic heterocycles. The zero-order valence-electron chi connectivity index (χ0n) is 10.1. The summed E-state index contributed by atoms with van der Waals surface area (Å²) in [5.74, 6) is -0.739. The fourth-order valence-corrected chi connectivity index (χ4v) is 3.42. The first-order chi connectivity index (χ1) is 8.27. The molecule has 0 saturated heterocycles. The third-order valence-corrected chi connectivity index (χ3v) is 4.22. The van der Waals surface area contributed by atoms with Gasteiger partial charge in [-0.25, -0.2) is 4.79 Å². The van der Waals surface area contributed by atoms with Crippen molar-refractivity contribution >= 4 is 5.97 Å². The van der Waals surface area contributed by atoms with Gasteiger partial charge in [-0.05, 0) is 79.7 Å². The second-order valence-electron chi connectivity index (χ2n) is 5.24. The molecule has 0 fully saturated rings. The van der Waals surface area contributed by atoms with E-state index in [2.05, 4.69) is 0 Å². The van der Waals surface area contributed by atoms with Crippen molar-refractivity contribution in [1.82, 2.24) is 0 Å². The average Bonchev–Trinajstić information content (AvgIpc) is 2.37. The molecule has 0 amide bonds. The van der Waals surface area contributed by atoms with E-state index in [1.54, 1.807) is 0 Å². The zero-order chi connectivity index (χ0) is 11.8. The van der Waals surface area contributed by atoms with Gasteiger partial charge in [0.15, 0.2) is 0 Å². The fraction of sp³-hybridized carbons (Fsp3) is 0.533. The van der Waals surface area contributed by atoms with Crippen LogP contribution in [-0.2, 0) is 25.7 Å². The molecule has 2 aliphatic rings. The van der Waals surface area contributed by atoms with Crippen LogP contribution in [-0.4, -0.2) is 11.1 Å². The number of benzene rings is 1. The highest BCUT2D eigenvalue weighted by molar-refractivity contribution is 5.90. The highest BCUT2D eigenvalue weighted by Crippen LogP contribution is 2.34. The topological polar surface area (TPSA) is 37.3 Å². The summed E-state index contributed by atoms with van der Waals surface area (Å²) in [6, 6.07) is 1.96. The molecule has 0 saturated carbocycles. The van der Waals surface area contributed by atoms with Gasteiger partial charge in [-0.15, -0.1) is 0 Å². The lowest BCUT2D eigenvalue weighted by atomic mass is 9.78. The maximum atomic E-state index is 11.4. The van der Waals surface area contributed by atoms with Gasteiger partial charge >= 0.3 is 5.97 Å². The number of hydrogen-bond donors (Lipinski definition) is 1. The number of carboxylic acids is 1. The summed E-state index contributed by atoms with van der Waals surface area (Å²) in [4.78, 5) is 11.4. The summed E-state index contributed by atoms with van der Waals surface area (Å²) in [5, 5.41) is 9.34. The molecular formula is C15H18O2. The first kappa shape index (κ1) is 10.8. The minimum Gasteiger partial charge on any atom is -0.478 e. The van der Waals surface area contributed by atoms with Crippen LogP contribution in [0.5, 0.6) is 0 Å². The van der Waals surface area contributed by atoms with Crippen molar-refractivity contribution in [3.05, 3.63) is 33.9 Å². The van der Waals surface area contributed by atoms with Gasteiger partial charge in [-0.1, -0.05) is 0 Å². The van der Waals surface area contributed by atoms with E-state index >= 15 is 0 Å². The van der Waals surface area contributed by atoms with E-state index in [1.165, 1.54) is 36.0 Å². The van der Waals surface area contributed by atoms with E-state index in [4.69, 9.17) is 0 Å². The summed E-state index contributed by atoms with van der Waals surface area (Å²) in [7, 11) is 0. The SMILES string of the molecule is O=C(O)c1cc2c(c3c1CCCC3)CCCC2. The molecule has 3 rings (SSSR count). The highest BCUT2D eigenvalue weighted by atomic mass is 16.4. The Morgan fingerprint density at radius 3 is 2.18 bits per heavy atom. The van der Waals surface area contributed by atoms with Crippen LogP contribution in [0, 0.1) is 0 Å². The van der Waals surface area contributed by atoms with Crippen molar-refractivity contribution in [3.8, 4) is 0 Å². The van der Waals surface area contributed by atoms with Gasteiger partial charge in [-0.2, -0.15) is 0 Å². The second-order valence-corrected chi connectivity index (χ2v) is 5.24. The molecule has 2 aliphatic carbocycles. The van der Waals surface area contributed by atoms with Crippen LogP contribution in [0.3, 0.4) is 0 Å². The first-order valence-electron chi connectivity index (χ1n) is 6.67. The van der Waals surface area contributed by atoms with Gasteiger partial charge in [-0.3, -0.25) is 0 Å². The maximum absolute atomic E-state index is 11.4. The van der Waals surface area contributed by atoms with Gasteiger partial charge in [0.2, 0.25) is 0 Å². The molecule has 90 valence electrons. The minimum absolute atomic E-state index is 0.584. The van der Waals surface area contributed by atoms with Crippen molar-refractivity contribution in [3.63, 3.8) is 0 Å². The Bertz CT molecular complexity index is 474. The van der Waals surface area contributed by atoms with Crippen molar-refractivity contribution in [2.75, 3.05) is 0 Å². The Morgan fingerprint density at radius 2 is 1.47 bits per heavy atom. The Balaban J connectivity index is 2.21. The molecule has 0 aliphatic heterocycles. The molecule has 17 heavy (non-hydrogen) atoms. The average molecular weight is 230 g/mol. The minimum atomic E-state index is -0.739. The van der Waals surface area contributed by atoms with Crippen LogP contribution in [0.2, 0.25) is 0 Å². The van der Waals surface area contributed by atoms with Crippen LogP contribution in [0.25, 0.3) is 0 Å². The highest BCUT2D eigenvalue weighted by Gasteiger charge is 2.24. The van der Waals surface area contributed by atoms with E-state index in [1.807, 2.05) is 6.07 Å². The molecule has 0 unspecified atom stereocenters. The number of rotatable bonds is 1. The number of aryl methyl sites for hydroxylation is 1. The van der Waals surface area contributed by atoms with Gasteiger partial charge < -0.3 is 5.11 Å². The fourth-order valence-electron chi connectivity index (χ4n) is 3.42. The zero-order valence-corrected chi connectivity index (χ0v) is 10.1. The monoisotopic (exact) mass is 230 g/mol. The third kappa shape index (κ3) is 1.76. The predicted molar refractivity (Wildman–Crippen MR) is 66.7 cm³/mol. The Morgan fingerprint density at radius 1 is 0.882 bits per heavy atom. The van der Waals surface area contributed by atoms with E-state index in [0.29, 0.717) is 5.56 Å². The van der Waals surface area contributed by atoms with Gasteiger partial charge in [0, 0.05) is 0 Å². The lowest BCUT2D eigenvalue weighted by Gasteiger charge is -2.26. The van der Waals surface area contributed by atoms with Crippen molar-refractivity contribution in [2.24, 2.45) is 0 Å². The van der Waals surface area contributed by atoms with Crippen molar-refractivity contribution in [1.29, 1.82) is 0 Å². The Labute approximate surface area is 102 Å². The van der Waals surface area contributed by atoms with Crippen LogP contribution < -0.4 is 0 Å². The second kappa shape index (κ2) is 4.17. The normalized spacial score (nSPS) is 18.4. The summed E-state index contributed by atoms with van der Waals surface area (Å²) in [5.41, 5.74) is 5.93. The number of carboxylic acid groups (broad SMARTS) is 1. The van der Waals surface area contributed by atoms with Crippen molar-refractivity contribution in [2.45, 2.75) is 51.4 Å². The van der Waals surface area contributed by atoms with Crippen LogP contribution in [0.15, 0.2) is 6.07 Å². The van der Waals surface area contributed by atoms with Gasteiger partial charge in [0.05, 0.1) is 5.56 Å². The first-order valence-corrected chi connectivity index (χ1v) is 6.67. The quantitative estimate of drug-likeness (QED) is 0.804. The molecule has 0 heterocycles. The summed E-state index contributed by atoms with van der Waals surface area (Å²) in [6.07, 6.45) is 9.15. The molecule has 1 aromatic rings. The lowest BCUT2D eigenvalue weighted by Crippen LogP contribution is -2.17. The molecular weight excluding hydrogens is 212 g/mol. The van der Waals surface area contributed by atoms with Crippen LogP contribution in [0.1, 0.15) is 58.3 Å². The molecule has 1 N–H and O–H groups in total. The van der Waals surface area contributed by atoms with Gasteiger partial charge in [0.1, 0.15) is 0 Å². The van der Waals surface area contributed by atoms with Crippen molar-refractivity contribution < 1.29 is 9.90 Å². The largest absolute Gasteiger partial charge is 0.478 e. The van der Waals surface area contributed by atoms with Gasteiger partial charge in [0.25, 0.3) is 0 Å². The molecule has 0 spiro atoms. The summed E-state index contributed by atoms with van der Waals surface area (Å²) >= 11 is 0. The summed E-state index contributed by atoms with van der Waals surface area (Å²) in [6.45, 7) is 0. The number of carbonyl (C=O) groups is 1. The number of fused-ring (bicyclic) bond motifs is 3. The lowest BCUT2D eigenvalue weighted by molar-refractivity contribution is 0.0695. The molecule has 2 heteroatoms. The van der Waals surface area contributed by atoms with E-state index in [0.717, 1.165) is 37.7 Å². The molecule has 0 bridgehead atoms. The van der Waals surface area contributed by atoms with Crippen LogP contribution in [0.4, 0.5) is 0 Å². The predicted octanol–water partition coefficient (Wildman–Crippen LogP) is 3.14. The standard InChI is InChI=1S/C15H18O2/c16-15(17)14-9-10-5-1-2-6-11(10)12-7-3-4-8-13(12)14/h9H,1-8H2,(H,16,17). The molecule has 0 radical (unpaired) electrons. The maximum Gasteiger partial charge on any atom is 0.335 e. The third-order valence-electron chi connectivity index (χ3n) is 4.22. The van der Waals surface area contributed by atoms with E-state index in [9.17, 15) is 9.90 Å². The number of aromatic carboxylic acids is 1. The molecule has 2 nitrogen and oxygen atoms in total. The summed E-state index contributed by atoms with van der Waals surface area (Å²) < 4.78 is 0. The Hall–Kier alpha value is -1.31. The molecule has 1 aromatic carbocycles. The van der Waals surface area contributed by atoms with Crippen LogP contribution >= 0.6 is 0 Å².